The molecule has 2 N–H and O–H groups in total. The van der Waals surface area contributed by atoms with Crippen LogP contribution in [0.5, 0.6) is 0 Å². The first kappa shape index (κ1) is 10.6. The smallest absolute Gasteiger partial charge is 0.325 e. The summed E-state index contributed by atoms with van der Waals surface area (Å²) < 4.78 is 0. The van der Waals surface area contributed by atoms with Gasteiger partial charge in [-0.25, -0.2) is 4.79 Å². The molecule has 0 radical (unpaired) electrons. The van der Waals surface area contributed by atoms with Gasteiger partial charge in [0.1, 0.15) is 5.69 Å². The average molecular weight is 197 g/mol. The zero-order chi connectivity index (χ0) is 10.6. The van der Waals surface area contributed by atoms with E-state index in [2.05, 4.69) is 16.9 Å². The maximum Gasteiger partial charge on any atom is 0.325 e. The molecular weight excluding hydrogens is 182 g/mol. The lowest BCUT2D eigenvalue weighted by molar-refractivity contribution is 0.760. The van der Waals surface area contributed by atoms with Gasteiger partial charge in [-0.15, -0.1) is 0 Å². The second-order valence-electron chi connectivity index (χ2n) is 3.23. The quantitative estimate of drug-likeness (QED) is 0.729. The van der Waals surface area contributed by atoms with Crippen molar-refractivity contribution < 1.29 is 0 Å². The van der Waals surface area contributed by atoms with Crippen molar-refractivity contribution in [3.8, 4) is 0 Å². The summed E-state index contributed by atoms with van der Waals surface area (Å²) in [5.41, 5.74) is -0.312. The number of aromatic nitrogens is 2. The molecule has 1 aromatic rings. The molecule has 0 spiro atoms. The minimum Gasteiger partial charge on any atom is -0.369 e. The fourth-order valence-corrected chi connectivity index (χ4v) is 1.20. The molecule has 5 heteroatoms. The number of anilines is 1. The summed E-state index contributed by atoms with van der Waals surface area (Å²) in [5, 5.41) is 0. The van der Waals surface area contributed by atoms with Crippen molar-refractivity contribution >= 4 is 5.69 Å². The Kier molecular flexibility index (Phi) is 3.50. The van der Waals surface area contributed by atoms with Crippen LogP contribution in [0.1, 0.15) is 19.8 Å². The standard InChI is InChI=1S/C9H15N3O2/c1-3-4-5-12(2)7-6-10-9(14)11-8(7)13/h6H,3-5H2,1-2H3,(H2,10,11,13,14). The molecule has 0 saturated carbocycles. The Hall–Kier alpha value is -1.52. The molecule has 14 heavy (non-hydrogen) atoms. The Morgan fingerprint density at radius 1 is 1.43 bits per heavy atom. The van der Waals surface area contributed by atoms with Crippen molar-refractivity contribution in [1.82, 2.24) is 9.97 Å². The Labute approximate surface area is 81.8 Å². The van der Waals surface area contributed by atoms with E-state index in [-0.39, 0.29) is 5.56 Å². The highest BCUT2D eigenvalue weighted by molar-refractivity contribution is 5.40. The second-order valence-corrected chi connectivity index (χ2v) is 3.23. The van der Waals surface area contributed by atoms with Gasteiger partial charge in [0.2, 0.25) is 0 Å². The molecule has 0 unspecified atom stereocenters. The fraction of sp³-hybridized carbons (Fsp3) is 0.556. The van der Waals surface area contributed by atoms with Gasteiger partial charge in [0.05, 0.1) is 0 Å². The molecule has 0 saturated heterocycles. The molecule has 78 valence electrons. The van der Waals surface area contributed by atoms with Crippen LogP contribution in [0, 0.1) is 0 Å². The van der Waals surface area contributed by atoms with Crippen molar-refractivity contribution in [2.24, 2.45) is 0 Å². The first-order chi connectivity index (χ1) is 6.65. The van der Waals surface area contributed by atoms with E-state index in [9.17, 15) is 9.59 Å². The van der Waals surface area contributed by atoms with Crippen molar-refractivity contribution in [2.45, 2.75) is 19.8 Å². The van der Waals surface area contributed by atoms with Crippen LogP contribution in [0.4, 0.5) is 5.69 Å². The van der Waals surface area contributed by atoms with Gasteiger partial charge >= 0.3 is 5.69 Å². The summed E-state index contributed by atoms with van der Waals surface area (Å²) in [7, 11) is 1.83. The lowest BCUT2D eigenvalue weighted by Crippen LogP contribution is -2.30. The summed E-state index contributed by atoms with van der Waals surface area (Å²) in [6.07, 6.45) is 3.54. The van der Waals surface area contributed by atoms with Crippen LogP contribution in [0.2, 0.25) is 0 Å². The lowest BCUT2D eigenvalue weighted by Gasteiger charge is -2.16. The molecule has 0 aliphatic rings. The third-order valence-electron chi connectivity index (χ3n) is 2.06. The van der Waals surface area contributed by atoms with Gasteiger partial charge < -0.3 is 9.88 Å². The van der Waals surface area contributed by atoms with E-state index in [1.165, 1.54) is 6.20 Å². The topological polar surface area (TPSA) is 69.0 Å². The second kappa shape index (κ2) is 4.64. The average Bonchev–Trinajstić information content (AvgIpc) is 2.14. The van der Waals surface area contributed by atoms with Gasteiger partial charge in [0.25, 0.3) is 5.56 Å². The zero-order valence-corrected chi connectivity index (χ0v) is 8.46. The molecule has 1 aromatic heterocycles. The first-order valence-electron chi connectivity index (χ1n) is 4.68. The van der Waals surface area contributed by atoms with E-state index in [0.29, 0.717) is 5.69 Å². The van der Waals surface area contributed by atoms with Crippen LogP contribution in [0.25, 0.3) is 0 Å². The number of nitrogens with zero attached hydrogens (tertiary/aromatic N) is 1. The van der Waals surface area contributed by atoms with Gasteiger partial charge in [0, 0.05) is 19.8 Å². The normalized spacial score (nSPS) is 10.1. The van der Waals surface area contributed by atoms with Crippen molar-refractivity contribution in [3.05, 3.63) is 27.0 Å². The predicted molar refractivity (Wildman–Crippen MR) is 55.9 cm³/mol. The number of rotatable bonds is 4. The minimum absolute atomic E-state index is 0.340. The maximum atomic E-state index is 11.3. The highest BCUT2D eigenvalue weighted by Crippen LogP contribution is 2.02. The summed E-state index contributed by atoms with van der Waals surface area (Å²) in [6.45, 7) is 2.90. The minimum atomic E-state index is -0.470. The van der Waals surface area contributed by atoms with Gasteiger partial charge in [-0.2, -0.15) is 0 Å². The Bertz CT molecular complexity index is 394. The van der Waals surface area contributed by atoms with Crippen molar-refractivity contribution in [2.75, 3.05) is 18.5 Å². The molecule has 0 amide bonds. The highest BCUT2D eigenvalue weighted by atomic mass is 16.2. The van der Waals surface area contributed by atoms with Crippen LogP contribution in [-0.2, 0) is 0 Å². The van der Waals surface area contributed by atoms with E-state index < -0.39 is 5.69 Å². The zero-order valence-electron chi connectivity index (χ0n) is 8.46. The van der Waals surface area contributed by atoms with Crippen LogP contribution < -0.4 is 16.1 Å². The molecule has 0 bridgehead atoms. The number of unbranched alkanes of at least 4 members (excludes halogenated alkanes) is 1. The lowest BCUT2D eigenvalue weighted by atomic mass is 10.3. The molecule has 1 heterocycles. The number of H-pyrrole nitrogens is 2. The monoisotopic (exact) mass is 197 g/mol. The Balaban J connectivity index is 2.85. The largest absolute Gasteiger partial charge is 0.369 e. The van der Waals surface area contributed by atoms with Crippen molar-refractivity contribution in [1.29, 1.82) is 0 Å². The SMILES string of the molecule is CCCCN(C)c1c[nH]c(=O)[nH]c1=O. The fourth-order valence-electron chi connectivity index (χ4n) is 1.20. The third-order valence-corrected chi connectivity index (χ3v) is 2.06. The Morgan fingerprint density at radius 2 is 2.14 bits per heavy atom. The number of hydrogen-bond acceptors (Lipinski definition) is 3. The van der Waals surface area contributed by atoms with E-state index in [4.69, 9.17) is 0 Å². The van der Waals surface area contributed by atoms with Gasteiger partial charge in [-0.1, -0.05) is 13.3 Å². The van der Waals surface area contributed by atoms with Gasteiger partial charge in [-0.3, -0.25) is 9.78 Å². The van der Waals surface area contributed by atoms with E-state index >= 15 is 0 Å². The summed E-state index contributed by atoms with van der Waals surface area (Å²) >= 11 is 0. The van der Waals surface area contributed by atoms with E-state index in [1.807, 2.05) is 11.9 Å². The van der Waals surface area contributed by atoms with Crippen LogP contribution in [0.15, 0.2) is 15.8 Å². The van der Waals surface area contributed by atoms with Crippen LogP contribution in [-0.4, -0.2) is 23.6 Å². The Morgan fingerprint density at radius 3 is 2.71 bits per heavy atom. The number of aromatic amines is 2. The highest BCUT2D eigenvalue weighted by Gasteiger charge is 2.04. The molecular formula is C9H15N3O2. The number of hydrogen-bond donors (Lipinski definition) is 2. The molecule has 0 fully saturated rings. The van der Waals surface area contributed by atoms with E-state index in [1.54, 1.807) is 0 Å². The summed E-state index contributed by atoms with van der Waals surface area (Å²) in [6, 6.07) is 0. The van der Waals surface area contributed by atoms with Crippen LogP contribution in [0.3, 0.4) is 0 Å². The van der Waals surface area contributed by atoms with Gasteiger partial charge in [0.15, 0.2) is 0 Å². The van der Waals surface area contributed by atoms with E-state index in [0.717, 1.165) is 19.4 Å². The molecule has 0 atom stereocenters. The molecule has 0 aromatic carbocycles. The molecule has 0 aliphatic carbocycles. The summed E-state index contributed by atoms with van der Waals surface area (Å²) in [4.78, 5) is 28.5. The molecule has 0 aliphatic heterocycles. The molecule has 5 nitrogen and oxygen atoms in total. The molecule has 1 rings (SSSR count). The van der Waals surface area contributed by atoms with Gasteiger partial charge in [-0.05, 0) is 6.42 Å². The maximum absolute atomic E-state index is 11.3. The number of nitrogens with one attached hydrogen (secondary N) is 2. The van der Waals surface area contributed by atoms with Crippen molar-refractivity contribution in [3.63, 3.8) is 0 Å². The third kappa shape index (κ3) is 2.48. The first-order valence-corrected chi connectivity index (χ1v) is 4.68. The predicted octanol–water partition coefficient (Wildman–Crippen LogP) is 0.299. The van der Waals surface area contributed by atoms with Crippen LogP contribution >= 0.6 is 0 Å². The summed E-state index contributed by atoms with van der Waals surface area (Å²) in [5.74, 6) is 0.